The minimum absolute atomic E-state index is 0.0158. The van der Waals surface area contributed by atoms with E-state index in [0.717, 1.165) is 43.6 Å². The third-order valence-corrected chi connectivity index (χ3v) is 7.21. The van der Waals surface area contributed by atoms with Crippen molar-refractivity contribution >= 4 is 43.5 Å². The fraction of sp³-hybridized carbons (Fsp3) is 0.160. The highest BCUT2D eigenvalue weighted by molar-refractivity contribution is 9.11. The Morgan fingerprint density at radius 1 is 0.971 bits per heavy atom. The number of halogens is 6. The lowest BCUT2D eigenvalue weighted by molar-refractivity contribution is -0.137. The monoisotopic (exact) mass is 610 g/mol. The highest BCUT2D eigenvalue weighted by atomic mass is 79.9. The van der Waals surface area contributed by atoms with E-state index in [4.69, 9.17) is 21.3 Å². The Morgan fingerprint density at radius 2 is 1.68 bits per heavy atom. The minimum Gasteiger partial charge on any atom is -0.481 e. The molecule has 0 radical (unpaired) electrons. The molecule has 0 fully saturated rings. The molecular formula is C25H16Br2ClF3N2O. The lowest BCUT2D eigenvalue weighted by Crippen LogP contribution is -2.29. The summed E-state index contributed by atoms with van der Waals surface area (Å²) in [6, 6.07) is 14.6. The van der Waals surface area contributed by atoms with Gasteiger partial charge in [0.05, 0.1) is 17.0 Å². The number of aromatic nitrogens is 2. The number of fused-ring (bicyclic) bond motifs is 3. The molecule has 0 bridgehead atoms. The number of benzene rings is 3. The van der Waals surface area contributed by atoms with Crippen molar-refractivity contribution < 1.29 is 17.9 Å². The van der Waals surface area contributed by atoms with Crippen LogP contribution in [0, 0.1) is 0 Å². The van der Waals surface area contributed by atoms with Gasteiger partial charge in [0, 0.05) is 25.1 Å². The molecule has 3 nitrogen and oxygen atoms in total. The van der Waals surface area contributed by atoms with Crippen molar-refractivity contribution in [2.45, 2.75) is 25.6 Å². The van der Waals surface area contributed by atoms with Gasteiger partial charge in [-0.15, -0.1) is 0 Å². The Hall–Kier alpha value is -2.29. The maximum absolute atomic E-state index is 13.3. The number of hydrogen-bond acceptors (Lipinski definition) is 2. The van der Waals surface area contributed by atoms with Crippen molar-refractivity contribution in [2.24, 2.45) is 0 Å². The maximum Gasteiger partial charge on any atom is 0.416 e. The van der Waals surface area contributed by atoms with E-state index in [0.29, 0.717) is 22.7 Å². The molecule has 0 saturated heterocycles. The molecule has 0 atom stereocenters. The van der Waals surface area contributed by atoms with Gasteiger partial charge < -0.3 is 9.72 Å². The molecule has 1 aliphatic rings. The first-order valence-electron chi connectivity index (χ1n) is 10.2. The second kappa shape index (κ2) is 8.14. The summed E-state index contributed by atoms with van der Waals surface area (Å²) < 4.78 is 48.0. The molecule has 9 heteroatoms. The molecule has 34 heavy (non-hydrogen) atoms. The Morgan fingerprint density at radius 3 is 2.35 bits per heavy atom. The number of rotatable bonds is 2. The van der Waals surface area contributed by atoms with E-state index in [-0.39, 0.29) is 5.02 Å². The third kappa shape index (κ3) is 4.06. The quantitative estimate of drug-likeness (QED) is 0.245. The number of ether oxygens (including phenoxy) is 1. The summed E-state index contributed by atoms with van der Waals surface area (Å²) in [6.07, 6.45) is -4.49. The van der Waals surface area contributed by atoms with E-state index in [1.165, 1.54) is 6.07 Å². The molecule has 174 valence electrons. The van der Waals surface area contributed by atoms with Crippen molar-refractivity contribution in [1.82, 2.24) is 9.97 Å². The summed E-state index contributed by atoms with van der Waals surface area (Å²) in [5, 5.41) is 0.0158. The minimum atomic E-state index is -4.49. The van der Waals surface area contributed by atoms with Gasteiger partial charge >= 0.3 is 6.18 Å². The zero-order valence-corrected chi connectivity index (χ0v) is 21.7. The zero-order chi connectivity index (χ0) is 24.4. The van der Waals surface area contributed by atoms with Gasteiger partial charge in [0.2, 0.25) is 0 Å². The molecular weight excluding hydrogens is 597 g/mol. The zero-order valence-electron chi connectivity index (χ0n) is 17.8. The molecule has 2 heterocycles. The maximum atomic E-state index is 13.3. The topological polar surface area (TPSA) is 37.9 Å². The van der Waals surface area contributed by atoms with Crippen molar-refractivity contribution in [3.05, 3.63) is 79.8 Å². The van der Waals surface area contributed by atoms with Gasteiger partial charge in [0.1, 0.15) is 17.2 Å². The summed E-state index contributed by atoms with van der Waals surface area (Å²) in [4.78, 5) is 8.28. The van der Waals surface area contributed by atoms with Crippen LogP contribution in [0.2, 0.25) is 5.02 Å². The van der Waals surface area contributed by atoms with Crippen molar-refractivity contribution in [3.8, 4) is 39.5 Å². The first kappa shape index (κ1) is 23.5. The highest BCUT2D eigenvalue weighted by Gasteiger charge is 2.37. The summed E-state index contributed by atoms with van der Waals surface area (Å²) in [5.41, 5.74) is 2.55. The van der Waals surface area contributed by atoms with Crippen LogP contribution in [0.5, 0.6) is 5.75 Å². The average molecular weight is 613 g/mol. The molecule has 3 aromatic carbocycles. The Balaban J connectivity index is 1.64. The largest absolute Gasteiger partial charge is 0.481 e. The Bertz CT molecular complexity index is 1430. The van der Waals surface area contributed by atoms with Crippen LogP contribution in [0.25, 0.3) is 33.8 Å². The molecule has 0 amide bonds. The van der Waals surface area contributed by atoms with Crippen molar-refractivity contribution in [1.29, 1.82) is 0 Å². The second-order valence-electron chi connectivity index (χ2n) is 8.46. The van der Waals surface area contributed by atoms with Crippen molar-refractivity contribution in [3.63, 3.8) is 0 Å². The second-order valence-corrected chi connectivity index (χ2v) is 10.6. The average Bonchev–Trinajstić information content (AvgIpc) is 3.18. The molecule has 0 aliphatic carbocycles. The molecule has 0 spiro atoms. The van der Waals surface area contributed by atoms with E-state index in [1.54, 1.807) is 12.1 Å². The normalized spacial score (nSPS) is 14.4. The molecule has 1 N–H and O–H groups in total. The van der Waals surface area contributed by atoms with Gasteiger partial charge in [0.25, 0.3) is 0 Å². The summed E-state index contributed by atoms with van der Waals surface area (Å²) in [7, 11) is 0. The smallest absolute Gasteiger partial charge is 0.416 e. The van der Waals surface area contributed by atoms with E-state index in [2.05, 4.69) is 36.8 Å². The van der Waals surface area contributed by atoms with Crippen LogP contribution in [0.15, 0.2) is 63.5 Å². The number of aromatic amines is 1. The molecule has 0 unspecified atom stereocenters. The third-order valence-electron chi connectivity index (χ3n) is 5.67. The van der Waals surface area contributed by atoms with E-state index >= 15 is 0 Å². The number of nitrogens with zero attached hydrogens (tertiary/aromatic N) is 1. The lowest BCUT2D eigenvalue weighted by atomic mass is 9.93. The van der Waals surface area contributed by atoms with Crippen LogP contribution in [0.4, 0.5) is 13.2 Å². The molecule has 5 rings (SSSR count). The van der Waals surface area contributed by atoms with E-state index in [1.807, 2.05) is 38.1 Å². The number of H-pyrrole nitrogens is 1. The number of nitrogens with one attached hydrogen (secondary N) is 1. The first-order valence-corrected chi connectivity index (χ1v) is 12.2. The number of imidazole rings is 1. The van der Waals surface area contributed by atoms with Gasteiger partial charge in [-0.25, -0.2) is 4.98 Å². The predicted octanol–water partition coefficient (Wildman–Crippen LogP) is 9.24. The Kier molecular flexibility index (Phi) is 5.61. The van der Waals surface area contributed by atoms with Gasteiger partial charge in [-0.2, -0.15) is 13.2 Å². The van der Waals surface area contributed by atoms with Crippen molar-refractivity contribution in [2.75, 3.05) is 0 Å². The van der Waals surface area contributed by atoms with Crippen LogP contribution >= 0.6 is 43.5 Å². The van der Waals surface area contributed by atoms with Crippen LogP contribution in [0.3, 0.4) is 0 Å². The molecule has 1 aromatic heterocycles. The fourth-order valence-electron chi connectivity index (χ4n) is 4.07. The van der Waals surface area contributed by atoms with Crippen LogP contribution in [-0.2, 0) is 11.8 Å². The van der Waals surface area contributed by atoms with Gasteiger partial charge in [-0.05, 0) is 99.3 Å². The van der Waals surface area contributed by atoms with E-state index < -0.39 is 17.3 Å². The lowest BCUT2D eigenvalue weighted by Gasteiger charge is -2.32. The number of alkyl halides is 3. The Labute approximate surface area is 215 Å². The predicted molar refractivity (Wildman–Crippen MR) is 134 cm³/mol. The van der Waals surface area contributed by atoms with Gasteiger partial charge in [-0.3, -0.25) is 0 Å². The first-order chi connectivity index (χ1) is 15.9. The molecule has 1 aliphatic heterocycles. The van der Waals surface area contributed by atoms with Crippen LogP contribution < -0.4 is 4.74 Å². The van der Waals surface area contributed by atoms with Gasteiger partial charge in [0.15, 0.2) is 0 Å². The summed E-state index contributed by atoms with van der Waals surface area (Å²) in [6.45, 7) is 3.83. The van der Waals surface area contributed by atoms with E-state index in [9.17, 15) is 13.2 Å². The van der Waals surface area contributed by atoms with Crippen LogP contribution in [0.1, 0.15) is 25.1 Å². The fourth-order valence-corrected chi connectivity index (χ4v) is 5.68. The summed E-state index contributed by atoms with van der Waals surface area (Å²) >= 11 is 13.2. The summed E-state index contributed by atoms with van der Waals surface area (Å²) in [5.74, 6) is 1.20. The standard InChI is InChI=1S/C25H16Br2ClF3N2O/c1-24(2)22-21(32-23(33-22)20-17(26)4-3-5-18(20)27)16-7-6-12(10-19(16)34-24)13-8-14(25(29,30)31)11-15(28)9-13/h3-11H,1-2H3,(H,32,33). The highest BCUT2D eigenvalue weighted by Crippen LogP contribution is 2.47. The molecule has 4 aromatic rings. The van der Waals surface area contributed by atoms with Gasteiger partial charge in [-0.1, -0.05) is 23.7 Å². The van der Waals surface area contributed by atoms with Crippen LogP contribution in [-0.4, -0.2) is 9.97 Å². The SMILES string of the molecule is CC1(C)Oc2cc(-c3cc(Cl)cc(C(F)(F)F)c3)ccc2-c2nc(-c3c(Br)cccc3Br)[nH]c21. The number of hydrogen-bond donors (Lipinski definition) is 1. The molecule has 0 saturated carbocycles.